The Hall–Kier alpha value is -0.370. The molecular weight excluding hydrogens is 152 g/mol. The van der Waals surface area contributed by atoms with Crippen LogP contribution in [0.3, 0.4) is 0 Å². The van der Waals surface area contributed by atoms with Crippen LogP contribution in [0.4, 0.5) is 0 Å². The molecule has 2 heteroatoms. The Bertz CT molecular complexity index is 228. The monoisotopic (exact) mass is 165 g/mol. The van der Waals surface area contributed by atoms with E-state index in [1.807, 2.05) is 0 Å². The summed E-state index contributed by atoms with van der Waals surface area (Å²) in [7, 11) is 0. The number of hydrogen-bond acceptors (Lipinski definition) is 1. The second kappa shape index (κ2) is 1.92. The minimum absolute atomic E-state index is 0.161. The third kappa shape index (κ3) is 0.764. The van der Waals surface area contributed by atoms with E-state index in [2.05, 4.69) is 0 Å². The van der Waals surface area contributed by atoms with E-state index >= 15 is 0 Å². The molecule has 4 saturated carbocycles. The lowest BCUT2D eigenvalue weighted by Gasteiger charge is -2.51. The van der Waals surface area contributed by atoms with Gasteiger partial charge in [0.25, 0.3) is 0 Å². The minimum Gasteiger partial charge on any atom is -0.299 e. The van der Waals surface area contributed by atoms with Crippen molar-refractivity contribution in [2.24, 2.45) is 17.8 Å². The summed E-state index contributed by atoms with van der Waals surface area (Å²) in [4.78, 5) is 11.6. The zero-order valence-electron chi connectivity index (χ0n) is 7.08. The van der Waals surface area contributed by atoms with Crippen molar-refractivity contribution in [1.29, 1.82) is 0 Å². The lowest BCUT2D eigenvalue weighted by Crippen LogP contribution is -2.54. The fraction of sp³-hybridized carbons (Fsp3) is 0.900. The zero-order chi connectivity index (χ0) is 8.34. The molecule has 0 N–H and O–H groups in total. The molecule has 4 aliphatic carbocycles. The van der Waals surface area contributed by atoms with E-state index in [-0.39, 0.29) is 11.8 Å². The van der Waals surface area contributed by atoms with E-state index in [1.165, 1.54) is 0 Å². The second-order valence-corrected chi connectivity index (χ2v) is 4.93. The average molecular weight is 165 g/mol. The number of ketones is 1. The predicted octanol–water partition coefficient (Wildman–Crippen LogP) is 1.56. The molecule has 0 spiro atoms. The molecule has 2 atom stereocenters. The van der Waals surface area contributed by atoms with Gasteiger partial charge in [-0.05, 0) is 38.0 Å². The number of carbonyl (C=O) groups is 1. The molecule has 0 aromatic rings. The highest BCUT2D eigenvalue weighted by atomic mass is 16.3. The summed E-state index contributed by atoms with van der Waals surface area (Å²) in [5.41, 5.74) is -0.690. The quantitative estimate of drug-likeness (QED) is 0.536. The molecule has 4 bridgehead atoms. The summed E-state index contributed by atoms with van der Waals surface area (Å²) in [6, 6.07) is 0. The first-order chi connectivity index (χ1) is 5.66. The number of carbonyl (C=O) groups excluding carboxylic acids is 1. The van der Waals surface area contributed by atoms with Crippen molar-refractivity contribution >= 4 is 5.78 Å². The molecule has 4 aliphatic rings. The molecule has 0 aliphatic heterocycles. The van der Waals surface area contributed by atoms with E-state index in [9.17, 15) is 9.90 Å². The minimum atomic E-state index is -0.690. The van der Waals surface area contributed by atoms with Gasteiger partial charge in [-0.25, -0.2) is 5.11 Å². The largest absolute Gasteiger partial charge is 0.299 e. The van der Waals surface area contributed by atoms with E-state index in [4.69, 9.17) is 0 Å². The van der Waals surface area contributed by atoms with Crippen LogP contribution in [0.2, 0.25) is 0 Å². The summed E-state index contributed by atoms with van der Waals surface area (Å²) < 4.78 is 0. The Morgan fingerprint density at radius 1 is 1.08 bits per heavy atom. The van der Waals surface area contributed by atoms with Crippen LogP contribution in [0.25, 0.3) is 0 Å². The smallest absolute Gasteiger partial charge is 0.139 e. The van der Waals surface area contributed by atoms with Crippen LogP contribution in [0.15, 0.2) is 0 Å². The van der Waals surface area contributed by atoms with Crippen molar-refractivity contribution < 1.29 is 9.90 Å². The Morgan fingerprint density at radius 3 is 2.17 bits per heavy atom. The molecule has 0 amide bonds. The van der Waals surface area contributed by atoms with Crippen molar-refractivity contribution in [3.05, 3.63) is 0 Å². The van der Waals surface area contributed by atoms with Gasteiger partial charge in [-0.3, -0.25) is 4.79 Å². The van der Waals surface area contributed by atoms with Crippen LogP contribution in [-0.2, 0) is 9.90 Å². The van der Waals surface area contributed by atoms with Gasteiger partial charge in [-0.2, -0.15) is 0 Å². The highest BCUT2D eigenvalue weighted by Crippen LogP contribution is 2.54. The maximum atomic E-state index is 12.0. The Balaban J connectivity index is 2.00. The van der Waals surface area contributed by atoms with Crippen molar-refractivity contribution in [2.75, 3.05) is 0 Å². The molecule has 2 unspecified atom stereocenters. The van der Waals surface area contributed by atoms with Crippen LogP contribution in [0, 0.1) is 17.8 Å². The van der Waals surface area contributed by atoms with Gasteiger partial charge in [0.1, 0.15) is 11.4 Å². The third-order valence-corrected chi connectivity index (χ3v) is 3.94. The van der Waals surface area contributed by atoms with Crippen LogP contribution >= 0.6 is 0 Å². The summed E-state index contributed by atoms with van der Waals surface area (Å²) in [6.07, 6.45) is 4.21. The predicted molar refractivity (Wildman–Crippen MR) is 42.0 cm³/mol. The number of hydrogen-bond donors (Lipinski definition) is 0. The van der Waals surface area contributed by atoms with Crippen LogP contribution in [-0.4, -0.2) is 11.4 Å². The van der Waals surface area contributed by atoms with E-state index in [0.717, 1.165) is 19.3 Å². The summed E-state index contributed by atoms with van der Waals surface area (Å²) >= 11 is 0. The van der Waals surface area contributed by atoms with Gasteiger partial charge in [-0.1, -0.05) is 0 Å². The topological polar surface area (TPSA) is 37.0 Å². The molecule has 1 radical (unpaired) electrons. The third-order valence-electron chi connectivity index (χ3n) is 3.94. The fourth-order valence-corrected chi connectivity index (χ4v) is 3.68. The first kappa shape index (κ1) is 7.07. The Labute approximate surface area is 72.0 Å². The highest BCUT2D eigenvalue weighted by Gasteiger charge is 2.55. The fourth-order valence-electron chi connectivity index (χ4n) is 3.68. The number of Topliss-reactive ketones (excluding diaryl/α,β-unsaturated/α-hetero) is 1. The second-order valence-electron chi connectivity index (χ2n) is 4.93. The van der Waals surface area contributed by atoms with E-state index in [0.29, 0.717) is 24.5 Å². The average Bonchev–Trinajstić information content (AvgIpc) is 1.96. The molecule has 0 saturated heterocycles. The van der Waals surface area contributed by atoms with Crippen molar-refractivity contribution in [3.8, 4) is 0 Å². The first-order valence-corrected chi connectivity index (χ1v) is 4.90. The van der Waals surface area contributed by atoms with Crippen LogP contribution in [0.1, 0.15) is 32.1 Å². The van der Waals surface area contributed by atoms with Gasteiger partial charge >= 0.3 is 0 Å². The summed E-state index contributed by atoms with van der Waals surface area (Å²) in [5, 5.41) is 12.0. The van der Waals surface area contributed by atoms with Gasteiger partial charge in [0, 0.05) is 11.8 Å². The van der Waals surface area contributed by atoms with Crippen molar-refractivity contribution in [1.82, 2.24) is 0 Å². The Kier molecular flexibility index (Phi) is 1.13. The van der Waals surface area contributed by atoms with Gasteiger partial charge in [0.05, 0.1) is 0 Å². The van der Waals surface area contributed by atoms with E-state index < -0.39 is 5.60 Å². The standard InChI is InChI=1S/C10H13O2/c11-9-7-1-6-2-8(9)5-10(12,3-6)4-7/h6-8H,1-5H2. The SMILES string of the molecule is [O]C12CC3CC(C1)C(=O)C(C3)C2. The normalized spacial score (nSPS) is 56.4. The molecule has 4 fully saturated rings. The highest BCUT2D eigenvalue weighted by molar-refractivity contribution is 5.85. The number of rotatable bonds is 0. The summed E-state index contributed by atoms with van der Waals surface area (Å²) in [6.45, 7) is 0. The van der Waals surface area contributed by atoms with Crippen molar-refractivity contribution in [3.63, 3.8) is 0 Å². The summed E-state index contributed by atoms with van der Waals surface area (Å²) in [5.74, 6) is 1.33. The first-order valence-electron chi connectivity index (χ1n) is 4.90. The lowest BCUT2D eigenvalue weighted by molar-refractivity contribution is -0.175. The zero-order valence-corrected chi connectivity index (χ0v) is 7.08. The molecular formula is C10H13O2. The van der Waals surface area contributed by atoms with E-state index in [1.54, 1.807) is 0 Å². The molecule has 12 heavy (non-hydrogen) atoms. The maximum absolute atomic E-state index is 12.0. The van der Waals surface area contributed by atoms with Crippen molar-refractivity contribution in [2.45, 2.75) is 37.7 Å². The maximum Gasteiger partial charge on any atom is 0.139 e. The van der Waals surface area contributed by atoms with Crippen LogP contribution < -0.4 is 0 Å². The molecule has 0 aromatic heterocycles. The van der Waals surface area contributed by atoms with Gasteiger partial charge < -0.3 is 0 Å². The molecule has 0 heterocycles. The lowest BCUT2D eigenvalue weighted by atomic mass is 9.54. The van der Waals surface area contributed by atoms with Gasteiger partial charge in [0.2, 0.25) is 0 Å². The van der Waals surface area contributed by atoms with Gasteiger partial charge in [0.15, 0.2) is 0 Å². The molecule has 4 rings (SSSR count). The molecule has 2 nitrogen and oxygen atoms in total. The molecule has 65 valence electrons. The Morgan fingerprint density at radius 2 is 1.67 bits per heavy atom. The van der Waals surface area contributed by atoms with Crippen LogP contribution in [0.5, 0.6) is 0 Å². The van der Waals surface area contributed by atoms with Gasteiger partial charge in [-0.15, -0.1) is 0 Å². The molecule has 0 aromatic carbocycles.